The van der Waals surface area contributed by atoms with E-state index in [0.29, 0.717) is 5.56 Å². The molecule has 0 N–H and O–H groups in total. The van der Waals surface area contributed by atoms with Crippen molar-refractivity contribution in [1.82, 2.24) is 0 Å². The summed E-state index contributed by atoms with van der Waals surface area (Å²) in [5.41, 5.74) is 0.234. The SMILES string of the molecule is Cc1cc(C=CCC#N)ccc1C(F)(F)F. The fraction of sp³-hybridized carbons (Fsp3) is 0.250. The highest BCUT2D eigenvalue weighted by Gasteiger charge is 2.31. The van der Waals surface area contributed by atoms with Gasteiger partial charge in [0.1, 0.15) is 0 Å². The lowest BCUT2D eigenvalue weighted by atomic mass is 10.0. The number of benzene rings is 1. The van der Waals surface area contributed by atoms with Crippen molar-refractivity contribution >= 4 is 6.08 Å². The Bertz CT molecular complexity index is 439. The number of nitrogens with zero attached hydrogens (tertiary/aromatic N) is 1. The number of hydrogen-bond donors (Lipinski definition) is 0. The molecule has 84 valence electrons. The van der Waals surface area contributed by atoms with Crippen molar-refractivity contribution in [2.24, 2.45) is 0 Å². The lowest BCUT2D eigenvalue weighted by molar-refractivity contribution is -0.138. The fourth-order valence-electron chi connectivity index (χ4n) is 1.36. The molecule has 1 aromatic carbocycles. The minimum Gasteiger partial charge on any atom is -0.198 e. The molecule has 0 amide bonds. The Balaban J connectivity index is 2.97. The molecule has 0 aliphatic rings. The van der Waals surface area contributed by atoms with E-state index in [1.165, 1.54) is 19.1 Å². The first-order chi connectivity index (χ1) is 7.45. The highest BCUT2D eigenvalue weighted by Crippen LogP contribution is 2.32. The largest absolute Gasteiger partial charge is 0.416 e. The van der Waals surface area contributed by atoms with Gasteiger partial charge in [0.25, 0.3) is 0 Å². The molecule has 0 spiro atoms. The van der Waals surface area contributed by atoms with Gasteiger partial charge in [0.15, 0.2) is 0 Å². The van der Waals surface area contributed by atoms with E-state index in [2.05, 4.69) is 0 Å². The van der Waals surface area contributed by atoms with Crippen LogP contribution in [-0.4, -0.2) is 0 Å². The normalized spacial score (nSPS) is 11.7. The Morgan fingerprint density at radius 2 is 2.06 bits per heavy atom. The topological polar surface area (TPSA) is 23.8 Å². The van der Waals surface area contributed by atoms with Crippen LogP contribution in [0.15, 0.2) is 24.3 Å². The Labute approximate surface area is 91.8 Å². The predicted molar refractivity (Wildman–Crippen MR) is 55.4 cm³/mol. The number of aryl methyl sites for hydroxylation is 1. The van der Waals surface area contributed by atoms with Crippen molar-refractivity contribution in [3.05, 3.63) is 41.0 Å². The second kappa shape index (κ2) is 4.84. The van der Waals surface area contributed by atoms with Gasteiger partial charge in [-0.15, -0.1) is 0 Å². The summed E-state index contributed by atoms with van der Waals surface area (Å²) in [5, 5.41) is 8.30. The molecular formula is C12H10F3N. The van der Waals surface area contributed by atoms with Gasteiger partial charge in [-0.2, -0.15) is 18.4 Å². The van der Waals surface area contributed by atoms with Crippen molar-refractivity contribution in [2.75, 3.05) is 0 Å². The van der Waals surface area contributed by atoms with Crippen LogP contribution in [0, 0.1) is 18.3 Å². The highest BCUT2D eigenvalue weighted by atomic mass is 19.4. The van der Waals surface area contributed by atoms with Gasteiger partial charge in [0.2, 0.25) is 0 Å². The molecule has 0 aromatic heterocycles. The van der Waals surface area contributed by atoms with E-state index in [-0.39, 0.29) is 12.0 Å². The van der Waals surface area contributed by atoms with Gasteiger partial charge in [0, 0.05) is 0 Å². The monoisotopic (exact) mass is 225 g/mol. The number of hydrogen-bond acceptors (Lipinski definition) is 1. The van der Waals surface area contributed by atoms with Gasteiger partial charge >= 0.3 is 6.18 Å². The maximum atomic E-state index is 12.4. The summed E-state index contributed by atoms with van der Waals surface area (Å²) in [6.45, 7) is 1.42. The van der Waals surface area contributed by atoms with Crippen LogP contribution in [-0.2, 0) is 6.18 Å². The molecule has 0 unspecified atom stereocenters. The van der Waals surface area contributed by atoms with Crippen LogP contribution in [0.5, 0.6) is 0 Å². The van der Waals surface area contributed by atoms with E-state index in [1.54, 1.807) is 12.2 Å². The summed E-state index contributed by atoms with van der Waals surface area (Å²) in [6, 6.07) is 5.83. The molecule has 16 heavy (non-hydrogen) atoms. The summed E-state index contributed by atoms with van der Waals surface area (Å²) >= 11 is 0. The smallest absolute Gasteiger partial charge is 0.198 e. The standard InChI is InChI=1S/C12H10F3N/c1-9-8-10(4-2-3-7-16)5-6-11(9)12(13,14)15/h2,4-6,8H,3H2,1H3. The minimum atomic E-state index is -4.31. The highest BCUT2D eigenvalue weighted by molar-refractivity contribution is 5.52. The third-order valence-electron chi connectivity index (χ3n) is 2.08. The first-order valence-electron chi connectivity index (χ1n) is 4.66. The second-order valence-electron chi connectivity index (χ2n) is 3.34. The van der Waals surface area contributed by atoms with E-state index in [9.17, 15) is 13.2 Å². The summed E-state index contributed by atoms with van der Waals surface area (Å²) in [6.07, 6.45) is -0.808. The molecule has 0 saturated heterocycles. The second-order valence-corrected chi connectivity index (χ2v) is 3.34. The minimum absolute atomic E-state index is 0.187. The van der Waals surface area contributed by atoms with Crippen molar-refractivity contribution in [3.63, 3.8) is 0 Å². The van der Waals surface area contributed by atoms with Gasteiger partial charge in [-0.3, -0.25) is 0 Å². The third kappa shape index (κ3) is 3.13. The van der Waals surface area contributed by atoms with Gasteiger partial charge in [-0.1, -0.05) is 24.3 Å². The molecule has 1 aromatic rings. The molecule has 0 atom stereocenters. The Hall–Kier alpha value is -1.76. The number of alkyl halides is 3. The van der Waals surface area contributed by atoms with E-state index in [4.69, 9.17) is 5.26 Å². The average molecular weight is 225 g/mol. The number of nitriles is 1. The van der Waals surface area contributed by atoms with Gasteiger partial charge in [-0.05, 0) is 24.1 Å². The first-order valence-corrected chi connectivity index (χ1v) is 4.66. The van der Waals surface area contributed by atoms with E-state index in [1.807, 2.05) is 6.07 Å². The molecule has 0 saturated carbocycles. The molecule has 0 aliphatic carbocycles. The van der Waals surface area contributed by atoms with Gasteiger partial charge in [0.05, 0.1) is 18.1 Å². The summed E-state index contributed by atoms with van der Waals surface area (Å²) in [7, 11) is 0. The van der Waals surface area contributed by atoms with E-state index >= 15 is 0 Å². The van der Waals surface area contributed by atoms with Crippen LogP contribution in [0.2, 0.25) is 0 Å². The maximum Gasteiger partial charge on any atom is 0.416 e. The van der Waals surface area contributed by atoms with Crippen LogP contribution in [0.3, 0.4) is 0 Å². The van der Waals surface area contributed by atoms with Crippen molar-refractivity contribution in [3.8, 4) is 6.07 Å². The Kier molecular flexibility index (Phi) is 3.73. The Morgan fingerprint density at radius 3 is 2.56 bits per heavy atom. The van der Waals surface area contributed by atoms with Crippen LogP contribution in [0.1, 0.15) is 23.1 Å². The first kappa shape index (κ1) is 12.3. The molecule has 0 heterocycles. The van der Waals surface area contributed by atoms with E-state index in [0.717, 1.165) is 6.07 Å². The lowest BCUT2D eigenvalue weighted by Crippen LogP contribution is -2.07. The zero-order valence-electron chi connectivity index (χ0n) is 8.67. The summed E-state index contributed by atoms with van der Waals surface area (Å²) in [5.74, 6) is 0. The summed E-state index contributed by atoms with van der Waals surface area (Å²) in [4.78, 5) is 0. The Morgan fingerprint density at radius 1 is 1.38 bits per heavy atom. The third-order valence-corrected chi connectivity index (χ3v) is 2.08. The number of halogens is 3. The number of rotatable bonds is 2. The van der Waals surface area contributed by atoms with Crippen LogP contribution >= 0.6 is 0 Å². The molecule has 1 rings (SSSR count). The average Bonchev–Trinajstić information content (AvgIpc) is 2.16. The molecule has 0 aliphatic heterocycles. The van der Waals surface area contributed by atoms with Gasteiger partial charge in [-0.25, -0.2) is 0 Å². The van der Waals surface area contributed by atoms with Crippen molar-refractivity contribution in [1.29, 1.82) is 5.26 Å². The zero-order valence-corrected chi connectivity index (χ0v) is 8.67. The maximum absolute atomic E-state index is 12.4. The lowest BCUT2D eigenvalue weighted by Gasteiger charge is -2.10. The van der Waals surface area contributed by atoms with Crippen molar-refractivity contribution in [2.45, 2.75) is 19.5 Å². The van der Waals surface area contributed by atoms with Crippen molar-refractivity contribution < 1.29 is 13.2 Å². The molecule has 1 nitrogen and oxygen atoms in total. The summed E-state index contributed by atoms with van der Waals surface area (Å²) < 4.78 is 37.3. The molecule has 4 heteroatoms. The van der Waals surface area contributed by atoms with E-state index < -0.39 is 11.7 Å². The van der Waals surface area contributed by atoms with Crippen LogP contribution < -0.4 is 0 Å². The molecular weight excluding hydrogens is 215 g/mol. The molecule has 0 bridgehead atoms. The molecule has 0 fully saturated rings. The van der Waals surface area contributed by atoms with Gasteiger partial charge < -0.3 is 0 Å². The molecule has 0 radical (unpaired) electrons. The van der Waals surface area contributed by atoms with Crippen LogP contribution in [0.4, 0.5) is 13.2 Å². The zero-order chi connectivity index (χ0) is 12.2. The quantitative estimate of drug-likeness (QED) is 0.747. The number of allylic oxidation sites excluding steroid dienone is 1. The predicted octanol–water partition coefficient (Wildman–Crippen LogP) is 3.94. The van der Waals surface area contributed by atoms with Crippen LogP contribution in [0.25, 0.3) is 6.08 Å². The fourth-order valence-corrected chi connectivity index (χ4v) is 1.36.